The molecule has 0 N–H and O–H groups in total. The molecule has 0 saturated heterocycles. The Morgan fingerprint density at radius 2 is 0.857 bits per heavy atom. The number of rotatable bonds is 20. The van der Waals surface area contributed by atoms with E-state index in [4.69, 9.17) is 9.47 Å². The van der Waals surface area contributed by atoms with Gasteiger partial charge in [0.05, 0.1) is 26.1 Å². The molecule has 28 heavy (non-hydrogen) atoms. The Balaban J connectivity index is 3.41. The van der Waals surface area contributed by atoms with Gasteiger partial charge in [-0.15, -0.1) is 0 Å². The van der Waals surface area contributed by atoms with E-state index in [9.17, 15) is 9.59 Å². The molecule has 0 aliphatic heterocycles. The van der Waals surface area contributed by atoms with Gasteiger partial charge in [0, 0.05) is 0 Å². The monoisotopic (exact) mass is 396 g/mol. The standard InChI is InChI=1S/C24H44O4/c1-3-5-7-9-11-13-17-21-27-23(25)19-15-16-20-24(26)28-22-18-14-12-10-8-6-4-2/h15-16H,3-14,17-22H2,1-2H3/b16-15+. The molecule has 0 atom stereocenters. The second-order valence-electron chi connectivity index (χ2n) is 7.56. The molecule has 0 aromatic heterocycles. The van der Waals surface area contributed by atoms with Crippen LogP contribution in [0.4, 0.5) is 0 Å². The molecule has 4 nitrogen and oxygen atoms in total. The van der Waals surface area contributed by atoms with E-state index in [1.807, 2.05) is 0 Å². The third-order valence-electron chi connectivity index (χ3n) is 4.76. The van der Waals surface area contributed by atoms with Gasteiger partial charge in [0.25, 0.3) is 0 Å². The zero-order chi connectivity index (χ0) is 20.7. The maximum atomic E-state index is 11.6. The molecule has 0 rings (SSSR count). The molecule has 0 radical (unpaired) electrons. The first kappa shape index (κ1) is 26.7. The van der Waals surface area contributed by atoms with Crippen LogP contribution in [0.3, 0.4) is 0 Å². The van der Waals surface area contributed by atoms with Gasteiger partial charge in [0.1, 0.15) is 0 Å². The topological polar surface area (TPSA) is 52.6 Å². The molecule has 0 spiro atoms. The Labute approximate surface area is 173 Å². The Morgan fingerprint density at radius 1 is 0.536 bits per heavy atom. The van der Waals surface area contributed by atoms with Gasteiger partial charge in [-0.2, -0.15) is 0 Å². The van der Waals surface area contributed by atoms with Crippen LogP contribution >= 0.6 is 0 Å². The normalized spacial score (nSPS) is 11.1. The van der Waals surface area contributed by atoms with Gasteiger partial charge in [-0.1, -0.05) is 103 Å². The van der Waals surface area contributed by atoms with Gasteiger partial charge in [-0.3, -0.25) is 9.59 Å². The Kier molecular flexibility index (Phi) is 20.9. The molecule has 0 unspecified atom stereocenters. The smallest absolute Gasteiger partial charge is 0.309 e. The van der Waals surface area contributed by atoms with Crippen molar-refractivity contribution in [2.75, 3.05) is 13.2 Å². The Morgan fingerprint density at radius 3 is 1.21 bits per heavy atom. The highest BCUT2D eigenvalue weighted by atomic mass is 16.5. The minimum atomic E-state index is -0.223. The lowest BCUT2D eigenvalue weighted by molar-refractivity contribution is -0.144. The van der Waals surface area contributed by atoms with Gasteiger partial charge >= 0.3 is 11.9 Å². The first-order valence-electron chi connectivity index (χ1n) is 11.7. The fourth-order valence-electron chi connectivity index (χ4n) is 2.97. The summed E-state index contributed by atoms with van der Waals surface area (Å²) in [5.41, 5.74) is 0. The lowest BCUT2D eigenvalue weighted by Crippen LogP contribution is -2.05. The van der Waals surface area contributed by atoms with Crippen LogP contribution in [0.15, 0.2) is 12.2 Å². The molecule has 0 fully saturated rings. The third kappa shape index (κ3) is 21.0. The van der Waals surface area contributed by atoms with Crippen LogP contribution in [0.1, 0.15) is 117 Å². The summed E-state index contributed by atoms with van der Waals surface area (Å²) in [5, 5.41) is 0. The number of carbonyl (C=O) groups is 2. The minimum Gasteiger partial charge on any atom is -0.465 e. The zero-order valence-electron chi connectivity index (χ0n) is 18.5. The van der Waals surface area contributed by atoms with Gasteiger partial charge < -0.3 is 9.47 Å². The Hall–Kier alpha value is -1.32. The van der Waals surface area contributed by atoms with Crippen LogP contribution in [0.2, 0.25) is 0 Å². The molecule has 164 valence electrons. The SMILES string of the molecule is CCCCCCCCCOC(=O)C/C=C/CC(=O)OCCCCCCCCC. The van der Waals surface area contributed by atoms with Gasteiger partial charge in [-0.05, 0) is 12.8 Å². The van der Waals surface area contributed by atoms with Crippen LogP contribution in [0.5, 0.6) is 0 Å². The number of hydrogen-bond donors (Lipinski definition) is 0. The van der Waals surface area contributed by atoms with Crippen molar-refractivity contribution in [2.45, 2.75) is 117 Å². The van der Waals surface area contributed by atoms with Crippen molar-refractivity contribution in [3.05, 3.63) is 12.2 Å². The predicted octanol–water partition coefficient (Wildman–Crippen LogP) is 6.91. The average Bonchev–Trinajstić information content (AvgIpc) is 2.69. The zero-order valence-corrected chi connectivity index (χ0v) is 18.5. The summed E-state index contributed by atoms with van der Waals surface area (Å²) in [7, 11) is 0. The fraction of sp³-hybridized carbons (Fsp3) is 0.833. The van der Waals surface area contributed by atoms with Crippen molar-refractivity contribution in [1.82, 2.24) is 0 Å². The van der Waals surface area contributed by atoms with E-state index in [2.05, 4.69) is 13.8 Å². The van der Waals surface area contributed by atoms with Gasteiger partial charge in [-0.25, -0.2) is 0 Å². The van der Waals surface area contributed by atoms with Gasteiger partial charge in [0.15, 0.2) is 0 Å². The quantitative estimate of drug-likeness (QED) is 0.127. The second-order valence-corrected chi connectivity index (χ2v) is 7.56. The summed E-state index contributed by atoms with van der Waals surface area (Å²) in [4.78, 5) is 23.2. The molecule has 0 heterocycles. The fourth-order valence-corrected chi connectivity index (χ4v) is 2.97. The lowest BCUT2D eigenvalue weighted by atomic mass is 10.1. The van der Waals surface area contributed by atoms with Crippen molar-refractivity contribution in [2.24, 2.45) is 0 Å². The molecular formula is C24H44O4. The van der Waals surface area contributed by atoms with Crippen molar-refractivity contribution >= 4 is 11.9 Å². The lowest BCUT2D eigenvalue weighted by Gasteiger charge is -2.04. The molecule has 0 aromatic carbocycles. The largest absolute Gasteiger partial charge is 0.465 e. The molecule has 0 aliphatic rings. The van der Waals surface area contributed by atoms with E-state index in [1.54, 1.807) is 12.2 Å². The van der Waals surface area contributed by atoms with Crippen LogP contribution < -0.4 is 0 Å². The minimum absolute atomic E-state index is 0.223. The summed E-state index contributed by atoms with van der Waals surface area (Å²) in [5.74, 6) is -0.447. The van der Waals surface area contributed by atoms with Crippen molar-refractivity contribution in [1.29, 1.82) is 0 Å². The molecule has 0 amide bonds. The number of ether oxygens (including phenoxy) is 2. The molecular weight excluding hydrogens is 352 g/mol. The highest BCUT2D eigenvalue weighted by Gasteiger charge is 2.02. The molecule has 0 bridgehead atoms. The molecule has 0 saturated carbocycles. The van der Waals surface area contributed by atoms with Crippen molar-refractivity contribution in [3.8, 4) is 0 Å². The number of carbonyl (C=O) groups excluding carboxylic acids is 2. The summed E-state index contributed by atoms with van der Waals surface area (Å²) in [6.45, 7) is 5.43. The number of esters is 2. The van der Waals surface area contributed by atoms with E-state index in [0.29, 0.717) is 13.2 Å². The van der Waals surface area contributed by atoms with Crippen molar-refractivity contribution in [3.63, 3.8) is 0 Å². The average molecular weight is 397 g/mol. The molecule has 0 aliphatic carbocycles. The maximum Gasteiger partial charge on any atom is 0.309 e. The summed E-state index contributed by atoms with van der Waals surface area (Å²) in [6.07, 6.45) is 20.7. The van der Waals surface area contributed by atoms with E-state index >= 15 is 0 Å². The molecule has 4 heteroatoms. The second kappa shape index (κ2) is 22.0. The van der Waals surface area contributed by atoms with Gasteiger partial charge in [0.2, 0.25) is 0 Å². The van der Waals surface area contributed by atoms with Crippen LogP contribution in [0.25, 0.3) is 0 Å². The van der Waals surface area contributed by atoms with Crippen molar-refractivity contribution < 1.29 is 19.1 Å². The predicted molar refractivity (Wildman–Crippen MR) is 116 cm³/mol. The summed E-state index contributed by atoms with van der Waals surface area (Å²) < 4.78 is 10.4. The highest BCUT2D eigenvalue weighted by Crippen LogP contribution is 2.08. The van der Waals surface area contributed by atoms with E-state index in [-0.39, 0.29) is 24.8 Å². The van der Waals surface area contributed by atoms with Crippen LogP contribution in [-0.4, -0.2) is 25.2 Å². The first-order valence-corrected chi connectivity index (χ1v) is 11.7. The van der Waals surface area contributed by atoms with E-state index in [1.165, 1.54) is 64.2 Å². The summed E-state index contributed by atoms with van der Waals surface area (Å²) >= 11 is 0. The van der Waals surface area contributed by atoms with Crippen LogP contribution in [-0.2, 0) is 19.1 Å². The van der Waals surface area contributed by atoms with Crippen LogP contribution in [0, 0.1) is 0 Å². The maximum absolute atomic E-state index is 11.6. The highest BCUT2D eigenvalue weighted by molar-refractivity contribution is 5.73. The first-order chi connectivity index (χ1) is 13.7. The van der Waals surface area contributed by atoms with E-state index in [0.717, 1.165) is 25.7 Å². The third-order valence-corrected chi connectivity index (χ3v) is 4.76. The Bertz CT molecular complexity index is 354. The van der Waals surface area contributed by atoms with E-state index < -0.39 is 0 Å². The molecule has 0 aromatic rings. The number of hydrogen-bond acceptors (Lipinski definition) is 4. The summed E-state index contributed by atoms with van der Waals surface area (Å²) in [6, 6.07) is 0. The number of unbranched alkanes of at least 4 members (excludes halogenated alkanes) is 12.